The van der Waals surface area contributed by atoms with E-state index in [2.05, 4.69) is 0 Å². The SMILES string of the molecule is Cc1cc(F)cc(S(=O)(=O)N2CCC[C@@H]2[C@@H]2COCC[C@@H]2O)c1. The molecule has 23 heavy (non-hydrogen) atoms. The van der Waals surface area contributed by atoms with Gasteiger partial charge in [-0.2, -0.15) is 4.31 Å². The third kappa shape index (κ3) is 3.28. The lowest BCUT2D eigenvalue weighted by atomic mass is 9.90. The fourth-order valence-electron chi connectivity index (χ4n) is 3.60. The molecule has 3 rings (SSSR count). The van der Waals surface area contributed by atoms with Gasteiger partial charge >= 0.3 is 0 Å². The molecule has 2 saturated heterocycles. The summed E-state index contributed by atoms with van der Waals surface area (Å²) in [6, 6.07) is 3.56. The Morgan fingerprint density at radius 1 is 1.30 bits per heavy atom. The van der Waals surface area contributed by atoms with Gasteiger partial charge in [-0.3, -0.25) is 0 Å². The van der Waals surface area contributed by atoms with Crippen LogP contribution in [0.4, 0.5) is 4.39 Å². The number of sulfonamides is 1. The van der Waals surface area contributed by atoms with Crippen LogP contribution in [0.5, 0.6) is 0 Å². The van der Waals surface area contributed by atoms with Crippen molar-refractivity contribution in [2.45, 2.75) is 43.2 Å². The number of aryl methyl sites for hydroxylation is 1. The maximum atomic E-state index is 13.6. The summed E-state index contributed by atoms with van der Waals surface area (Å²) in [5.74, 6) is -0.781. The number of nitrogens with zero attached hydrogens (tertiary/aromatic N) is 1. The van der Waals surface area contributed by atoms with Crippen LogP contribution in [0.2, 0.25) is 0 Å². The predicted octanol–water partition coefficient (Wildman–Crippen LogP) is 1.68. The van der Waals surface area contributed by atoms with E-state index < -0.39 is 21.9 Å². The summed E-state index contributed by atoms with van der Waals surface area (Å²) < 4.78 is 46.3. The van der Waals surface area contributed by atoms with Gasteiger partial charge in [-0.15, -0.1) is 0 Å². The van der Waals surface area contributed by atoms with Crippen LogP contribution in [-0.2, 0) is 14.8 Å². The van der Waals surface area contributed by atoms with Crippen molar-refractivity contribution in [2.75, 3.05) is 19.8 Å². The van der Waals surface area contributed by atoms with E-state index >= 15 is 0 Å². The summed E-state index contributed by atoms with van der Waals surface area (Å²) in [5, 5.41) is 10.2. The Hall–Kier alpha value is -1.02. The molecule has 3 atom stereocenters. The van der Waals surface area contributed by atoms with Crippen molar-refractivity contribution in [1.29, 1.82) is 0 Å². The second-order valence-corrected chi connectivity index (χ2v) is 8.27. The monoisotopic (exact) mass is 343 g/mol. The lowest BCUT2D eigenvalue weighted by Gasteiger charge is -2.36. The first-order chi connectivity index (χ1) is 10.9. The molecule has 2 heterocycles. The number of hydrogen-bond acceptors (Lipinski definition) is 4. The molecule has 1 aromatic rings. The van der Waals surface area contributed by atoms with Crippen LogP contribution in [0, 0.1) is 18.7 Å². The van der Waals surface area contributed by atoms with Crippen molar-refractivity contribution >= 4 is 10.0 Å². The smallest absolute Gasteiger partial charge is 0.243 e. The van der Waals surface area contributed by atoms with Gasteiger partial charge in [0.25, 0.3) is 0 Å². The topological polar surface area (TPSA) is 66.8 Å². The van der Waals surface area contributed by atoms with E-state index in [9.17, 15) is 17.9 Å². The van der Waals surface area contributed by atoms with Crippen LogP contribution in [-0.4, -0.2) is 49.7 Å². The van der Waals surface area contributed by atoms with Crippen molar-refractivity contribution in [1.82, 2.24) is 4.31 Å². The Morgan fingerprint density at radius 2 is 2.09 bits per heavy atom. The van der Waals surface area contributed by atoms with Crippen molar-refractivity contribution in [3.05, 3.63) is 29.6 Å². The van der Waals surface area contributed by atoms with E-state index in [1.54, 1.807) is 6.92 Å². The maximum Gasteiger partial charge on any atom is 0.243 e. The predicted molar refractivity (Wildman–Crippen MR) is 83.0 cm³/mol. The molecule has 128 valence electrons. The van der Waals surface area contributed by atoms with E-state index in [0.29, 0.717) is 38.2 Å². The molecule has 0 spiro atoms. The molecule has 2 aliphatic rings. The fraction of sp³-hybridized carbons (Fsp3) is 0.625. The van der Waals surface area contributed by atoms with Crippen molar-refractivity contribution in [3.8, 4) is 0 Å². The summed E-state index contributed by atoms with van der Waals surface area (Å²) in [7, 11) is -3.78. The summed E-state index contributed by atoms with van der Waals surface area (Å²) >= 11 is 0. The molecule has 0 amide bonds. The molecule has 2 aliphatic heterocycles. The second-order valence-electron chi connectivity index (χ2n) is 6.38. The normalized spacial score (nSPS) is 29.8. The third-order valence-electron chi connectivity index (χ3n) is 4.73. The summed E-state index contributed by atoms with van der Waals surface area (Å²) in [6.45, 7) is 2.92. The number of hydrogen-bond donors (Lipinski definition) is 1. The minimum absolute atomic E-state index is 0.0203. The standard InChI is InChI=1S/C16H22FNO4S/c1-11-7-12(17)9-13(8-11)23(20,21)18-5-2-3-15(18)14-10-22-6-4-16(14)19/h7-9,14-16,19H,2-6,10H2,1H3/t14-,15+,16-/m0/s1. The van der Waals surface area contributed by atoms with Gasteiger partial charge in [0.2, 0.25) is 10.0 Å². The molecule has 0 bridgehead atoms. The highest BCUT2D eigenvalue weighted by molar-refractivity contribution is 7.89. The van der Waals surface area contributed by atoms with Crippen LogP contribution in [0.15, 0.2) is 23.1 Å². The first-order valence-electron chi connectivity index (χ1n) is 7.94. The number of aliphatic hydroxyl groups is 1. The molecular weight excluding hydrogens is 321 g/mol. The molecule has 7 heteroatoms. The number of halogens is 1. The van der Waals surface area contributed by atoms with Crippen molar-refractivity contribution < 1.29 is 22.7 Å². The third-order valence-corrected chi connectivity index (χ3v) is 6.63. The van der Waals surface area contributed by atoms with Crippen molar-refractivity contribution in [2.24, 2.45) is 5.92 Å². The fourth-order valence-corrected chi connectivity index (χ4v) is 5.45. The van der Waals surface area contributed by atoms with Crippen LogP contribution in [0.1, 0.15) is 24.8 Å². The minimum Gasteiger partial charge on any atom is -0.393 e. The molecule has 0 radical (unpaired) electrons. The zero-order valence-corrected chi connectivity index (χ0v) is 13.9. The van der Waals surface area contributed by atoms with E-state index in [1.807, 2.05) is 0 Å². The molecule has 0 aliphatic carbocycles. The van der Waals surface area contributed by atoms with Gasteiger partial charge in [-0.05, 0) is 49.9 Å². The number of rotatable bonds is 3. The van der Waals surface area contributed by atoms with E-state index in [0.717, 1.165) is 12.5 Å². The average Bonchev–Trinajstić information content (AvgIpc) is 2.96. The van der Waals surface area contributed by atoms with Crippen LogP contribution >= 0.6 is 0 Å². The van der Waals surface area contributed by atoms with Gasteiger partial charge in [0, 0.05) is 25.1 Å². The Balaban J connectivity index is 1.91. The first kappa shape index (κ1) is 16.8. The molecule has 1 aromatic carbocycles. The van der Waals surface area contributed by atoms with E-state index in [-0.39, 0.29) is 16.9 Å². The Kier molecular flexibility index (Phi) is 4.73. The van der Waals surface area contributed by atoms with Crippen LogP contribution < -0.4 is 0 Å². The number of benzene rings is 1. The Bertz CT molecular complexity index is 658. The highest BCUT2D eigenvalue weighted by atomic mass is 32.2. The lowest BCUT2D eigenvalue weighted by molar-refractivity contribution is -0.0543. The maximum absolute atomic E-state index is 13.6. The summed E-state index contributed by atoms with van der Waals surface area (Å²) in [4.78, 5) is -0.0203. The van der Waals surface area contributed by atoms with Gasteiger partial charge in [0.05, 0.1) is 17.6 Å². The molecular formula is C16H22FNO4S. The second kappa shape index (κ2) is 6.47. The lowest BCUT2D eigenvalue weighted by Crippen LogP contribution is -2.48. The molecule has 5 nitrogen and oxygen atoms in total. The van der Waals surface area contributed by atoms with Gasteiger partial charge in [-0.25, -0.2) is 12.8 Å². The van der Waals surface area contributed by atoms with Crippen molar-refractivity contribution in [3.63, 3.8) is 0 Å². The molecule has 0 unspecified atom stereocenters. The van der Waals surface area contributed by atoms with E-state index in [1.165, 1.54) is 16.4 Å². The zero-order valence-electron chi connectivity index (χ0n) is 13.1. The zero-order chi connectivity index (χ0) is 16.6. The first-order valence-corrected chi connectivity index (χ1v) is 9.38. The van der Waals surface area contributed by atoms with Gasteiger partial charge < -0.3 is 9.84 Å². The van der Waals surface area contributed by atoms with Gasteiger partial charge in [0.15, 0.2) is 0 Å². The highest BCUT2D eigenvalue weighted by Gasteiger charge is 2.43. The minimum atomic E-state index is -3.78. The molecule has 0 aromatic heterocycles. The molecule has 2 fully saturated rings. The van der Waals surface area contributed by atoms with Gasteiger partial charge in [0.1, 0.15) is 5.82 Å². The highest BCUT2D eigenvalue weighted by Crippen LogP contribution is 2.34. The Morgan fingerprint density at radius 3 is 2.78 bits per heavy atom. The quantitative estimate of drug-likeness (QED) is 0.907. The largest absolute Gasteiger partial charge is 0.393 e. The summed E-state index contributed by atoms with van der Waals surface area (Å²) in [6.07, 6.45) is 1.40. The average molecular weight is 343 g/mol. The van der Waals surface area contributed by atoms with Crippen LogP contribution in [0.3, 0.4) is 0 Å². The van der Waals surface area contributed by atoms with Crippen LogP contribution in [0.25, 0.3) is 0 Å². The summed E-state index contributed by atoms with van der Waals surface area (Å²) in [5.41, 5.74) is 0.570. The number of ether oxygens (including phenoxy) is 1. The molecule has 0 saturated carbocycles. The molecule has 1 N–H and O–H groups in total. The Labute approximate surface area is 136 Å². The van der Waals surface area contributed by atoms with E-state index in [4.69, 9.17) is 4.74 Å². The number of aliphatic hydroxyl groups excluding tert-OH is 1. The van der Waals surface area contributed by atoms with Gasteiger partial charge in [-0.1, -0.05) is 0 Å².